The Balaban J connectivity index is 1.60. The number of fused-ring (bicyclic) bond motifs is 1. The maximum absolute atomic E-state index is 12.2. The second-order valence-electron chi connectivity index (χ2n) is 6.58. The van der Waals surface area contributed by atoms with E-state index in [1.807, 2.05) is 0 Å². The Kier molecular flexibility index (Phi) is 6.58. The number of primary amides is 1. The molecular formula is C20H19N3O6S. The predicted molar refractivity (Wildman–Crippen MR) is 111 cm³/mol. The highest BCUT2D eigenvalue weighted by Crippen LogP contribution is 2.37. The van der Waals surface area contributed by atoms with Gasteiger partial charge in [0.25, 0.3) is 17.5 Å². The first-order valence-electron chi connectivity index (χ1n) is 9.19. The summed E-state index contributed by atoms with van der Waals surface area (Å²) in [5, 5.41) is 13.9. The summed E-state index contributed by atoms with van der Waals surface area (Å²) in [6.07, 6.45) is 5.81. The molecule has 0 aliphatic heterocycles. The Morgan fingerprint density at radius 1 is 1.23 bits per heavy atom. The maximum atomic E-state index is 12.2. The lowest BCUT2D eigenvalue weighted by molar-refractivity contribution is -0.385. The number of rotatable bonds is 7. The number of para-hydroxylation sites is 1. The first-order chi connectivity index (χ1) is 14.4. The summed E-state index contributed by atoms with van der Waals surface area (Å²) < 4.78 is 4.88. The van der Waals surface area contributed by atoms with Gasteiger partial charge in [0.15, 0.2) is 6.61 Å². The SMILES string of the molecule is NC(=O)c1c(NC(=O)COC(=O)C=Cc2ccccc2[N+](=O)[O-])sc2c1CCCC2. The first kappa shape index (κ1) is 21.2. The molecule has 9 nitrogen and oxygen atoms in total. The largest absolute Gasteiger partial charge is 0.452 e. The minimum atomic E-state index is -0.830. The molecule has 1 aliphatic rings. The van der Waals surface area contributed by atoms with Crippen molar-refractivity contribution in [3.05, 3.63) is 62.0 Å². The van der Waals surface area contributed by atoms with E-state index in [1.165, 1.54) is 35.6 Å². The lowest BCUT2D eigenvalue weighted by Gasteiger charge is -2.11. The number of nitrogens with one attached hydrogen (secondary N) is 1. The molecule has 0 bridgehead atoms. The van der Waals surface area contributed by atoms with E-state index in [0.29, 0.717) is 10.6 Å². The molecule has 30 heavy (non-hydrogen) atoms. The van der Waals surface area contributed by atoms with Crippen LogP contribution in [0, 0.1) is 10.1 Å². The van der Waals surface area contributed by atoms with Crippen LogP contribution >= 0.6 is 11.3 Å². The monoisotopic (exact) mass is 429 g/mol. The molecule has 3 N–H and O–H groups in total. The molecule has 1 aliphatic carbocycles. The Bertz CT molecular complexity index is 1040. The molecule has 1 aromatic heterocycles. The van der Waals surface area contributed by atoms with Gasteiger partial charge in [0, 0.05) is 17.0 Å². The number of nitrogens with zero attached hydrogens (tertiary/aromatic N) is 1. The molecule has 0 radical (unpaired) electrons. The topological polar surface area (TPSA) is 142 Å². The Labute approximate surface area is 175 Å². The molecule has 2 amide bonds. The van der Waals surface area contributed by atoms with Crippen molar-refractivity contribution in [3.63, 3.8) is 0 Å². The average molecular weight is 429 g/mol. The number of esters is 1. The highest BCUT2D eigenvalue weighted by atomic mass is 32.1. The number of anilines is 1. The number of ether oxygens (including phenoxy) is 1. The molecule has 156 valence electrons. The molecule has 0 unspecified atom stereocenters. The molecule has 1 aromatic carbocycles. The van der Waals surface area contributed by atoms with Crippen molar-refractivity contribution in [2.45, 2.75) is 25.7 Å². The van der Waals surface area contributed by atoms with Crippen molar-refractivity contribution in [2.75, 3.05) is 11.9 Å². The van der Waals surface area contributed by atoms with Crippen LogP contribution in [-0.2, 0) is 27.2 Å². The molecule has 0 fully saturated rings. The number of amides is 2. The number of thiophene rings is 1. The van der Waals surface area contributed by atoms with Crippen molar-refractivity contribution >= 4 is 45.9 Å². The molecular weight excluding hydrogens is 410 g/mol. The van der Waals surface area contributed by atoms with Gasteiger partial charge in [0.1, 0.15) is 5.00 Å². The molecule has 0 atom stereocenters. The van der Waals surface area contributed by atoms with E-state index < -0.39 is 29.3 Å². The van der Waals surface area contributed by atoms with Crippen molar-refractivity contribution in [1.82, 2.24) is 0 Å². The molecule has 1 heterocycles. The van der Waals surface area contributed by atoms with E-state index >= 15 is 0 Å². The van der Waals surface area contributed by atoms with Gasteiger partial charge in [0.2, 0.25) is 0 Å². The van der Waals surface area contributed by atoms with Gasteiger partial charge in [-0.3, -0.25) is 19.7 Å². The summed E-state index contributed by atoms with van der Waals surface area (Å²) in [5.74, 6) is -2.04. The third kappa shape index (κ3) is 4.90. The molecule has 3 rings (SSSR count). The summed E-state index contributed by atoms with van der Waals surface area (Å²) in [4.78, 5) is 47.3. The molecule has 0 saturated carbocycles. The van der Waals surface area contributed by atoms with E-state index in [-0.39, 0.29) is 11.3 Å². The van der Waals surface area contributed by atoms with Crippen LogP contribution in [-0.4, -0.2) is 29.3 Å². The minimum Gasteiger partial charge on any atom is -0.452 e. The average Bonchev–Trinajstić information content (AvgIpc) is 3.08. The van der Waals surface area contributed by atoms with Gasteiger partial charge >= 0.3 is 5.97 Å². The fourth-order valence-corrected chi connectivity index (χ4v) is 4.53. The lowest BCUT2D eigenvalue weighted by atomic mass is 9.95. The summed E-state index contributed by atoms with van der Waals surface area (Å²) in [6.45, 7) is -0.569. The maximum Gasteiger partial charge on any atom is 0.331 e. The summed E-state index contributed by atoms with van der Waals surface area (Å²) in [6, 6.07) is 5.91. The van der Waals surface area contributed by atoms with Crippen LogP contribution in [0.25, 0.3) is 6.08 Å². The van der Waals surface area contributed by atoms with Crippen molar-refractivity contribution < 1.29 is 24.0 Å². The number of carbonyl (C=O) groups excluding carboxylic acids is 3. The fourth-order valence-electron chi connectivity index (χ4n) is 3.21. The third-order valence-electron chi connectivity index (χ3n) is 4.55. The molecule has 2 aromatic rings. The van der Waals surface area contributed by atoms with E-state index in [9.17, 15) is 24.5 Å². The lowest BCUT2D eigenvalue weighted by Crippen LogP contribution is -2.22. The van der Waals surface area contributed by atoms with Crippen LogP contribution in [0.4, 0.5) is 10.7 Å². The van der Waals surface area contributed by atoms with Gasteiger partial charge in [-0.2, -0.15) is 0 Å². The first-order valence-corrected chi connectivity index (χ1v) is 10.0. The minimum absolute atomic E-state index is 0.153. The predicted octanol–water partition coefficient (Wildman–Crippen LogP) is 2.83. The summed E-state index contributed by atoms with van der Waals surface area (Å²) in [5.41, 5.74) is 6.78. The van der Waals surface area contributed by atoms with Crippen LogP contribution < -0.4 is 11.1 Å². The normalized spacial score (nSPS) is 12.9. The van der Waals surface area contributed by atoms with Crippen LogP contribution in [0.2, 0.25) is 0 Å². The van der Waals surface area contributed by atoms with Gasteiger partial charge in [-0.25, -0.2) is 4.79 Å². The number of carbonyl (C=O) groups is 3. The van der Waals surface area contributed by atoms with E-state index in [4.69, 9.17) is 10.5 Å². The highest BCUT2D eigenvalue weighted by molar-refractivity contribution is 7.17. The van der Waals surface area contributed by atoms with E-state index in [2.05, 4.69) is 5.32 Å². The number of nitro benzene ring substituents is 1. The Hall–Kier alpha value is -3.53. The van der Waals surface area contributed by atoms with Crippen molar-refractivity contribution in [1.29, 1.82) is 0 Å². The smallest absolute Gasteiger partial charge is 0.331 e. The fraction of sp³-hybridized carbons (Fsp3) is 0.250. The molecule has 0 saturated heterocycles. The summed E-state index contributed by atoms with van der Waals surface area (Å²) >= 11 is 1.31. The summed E-state index contributed by atoms with van der Waals surface area (Å²) in [7, 11) is 0. The van der Waals surface area contributed by atoms with Crippen LogP contribution in [0.15, 0.2) is 30.3 Å². The quantitative estimate of drug-likeness (QED) is 0.300. The standard InChI is InChI=1S/C20H19N3O6S/c21-19(26)18-13-6-2-4-8-15(13)30-20(18)22-16(24)11-29-17(25)10-9-12-5-1-3-7-14(12)23(27)28/h1,3,5,7,9-10H,2,4,6,8,11H2,(H2,21,26)(H,22,24). The number of aryl methyl sites for hydroxylation is 1. The van der Waals surface area contributed by atoms with Crippen molar-refractivity contribution in [3.8, 4) is 0 Å². The second kappa shape index (κ2) is 9.31. The molecule has 0 spiro atoms. The number of benzene rings is 1. The van der Waals surface area contributed by atoms with Gasteiger partial charge in [-0.05, 0) is 43.4 Å². The van der Waals surface area contributed by atoms with Gasteiger partial charge in [0.05, 0.1) is 16.1 Å². The zero-order valence-corrected chi connectivity index (χ0v) is 16.7. The van der Waals surface area contributed by atoms with Gasteiger partial charge in [-0.15, -0.1) is 11.3 Å². The number of nitro groups is 1. The van der Waals surface area contributed by atoms with Crippen LogP contribution in [0.3, 0.4) is 0 Å². The number of hydrogen-bond acceptors (Lipinski definition) is 7. The zero-order chi connectivity index (χ0) is 21.7. The van der Waals surface area contributed by atoms with Gasteiger partial charge in [-0.1, -0.05) is 12.1 Å². The van der Waals surface area contributed by atoms with Crippen molar-refractivity contribution in [2.24, 2.45) is 5.73 Å². The number of hydrogen-bond donors (Lipinski definition) is 2. The third-order valence-corrected chi connectivity index (χ3v) is 5.76. The van der Waals surface area contributed by atoms with Gasteiger partial charge < -0.3 is 15.8 Å². The van der Waals surface area contributed by atoms with Crippen LogP contribution in [0.5, 0.6) is 0 Å². The van der Waals surface area contributed by atoms with E-state index in [0.717, 1.165) is 42.2 Å². The zero-order valence-electron chi connectivity index (χ0n) is 15.9. The van der Waals surface area contributed by atoms with E-state index in [1.54, 1.807) is 6.07 Å². The number of nitrogens with two attached hydrogens (primary N) is 1. The Morgan fingerprint density at radius 3 is 2.70 bits per heavy atom. The van der Waals surface area contributed by atoms with Crippen LogP contribution in [0.1, 0.15) is 39.2 Å². The second-order valence-corrected chi connectivity index (χ2v) is 7.69. The molecule has 10 heteroatoms. The highest BCUT2D eigenvalue weighted by Gasteiger charge is 2.25. The Morgan fingerprint density at radius 2 is 1.97 bits per heavy atom.